The molecule has 146 valence electrons. The van der Waals surface area contributed by atoms with Gasteiger partial charge in [0.05, 0.1) is 0 Å². The van der Waals surface area contributed by atoms with Crippen LogP contribution < -0.4 is 20.9 Å². The number of carbonyl (C=O) groups excluding carboxylic acids is 2. The molecule has 0 saturated heterocycles. The van der Waals surface area contributed by atoms with Gasteiger partial charge in [-0.2, -0.15) is 0 Å². The normalized spacial score (nSPS) is 10.4. The van der Waals surface area contributed by atoms with Gasteiger partial charge in [0.15, 0.2) is 11.7 Å². The lowest BCUT2D eigenvalue weighted by Gasteiger charge is -2.11. The number of rotatable bonds is 5. The molecule has 0 atom stereocenters. The Hall–Kier alpha value is -2.42. The molecule has 0 radical (unpaired) electrons. The van der Waals surface area contributed by atoms with Crippen LogP contribution in [0.15, 0.2) is 53.0 Å². The maximum atomic E-state index is 11.8. The third kappa shape index (κ3) is 7.67. The first-order valence-corrected chi connectivity index (χ1v) is 9.64. The van der Waals surface area contributed by atoms with Crippen LogP contribution in [0.5, 0.6) is 5.75 Å². The molecule has 0 aliphatic rings. The molecule has 0 heterocycles. The van der Waals surface area contributed by atoms with E-state index in [-0.39, 0.29) is 11.7 Å². The lowest BCUT2D eigenvalue weighted by Crippen LogP contribution is -2.49. The van der Waals surface area contributed by atoms with Gasteiger partial charge in [-0.05, 0) is 66.7 Å². The van der Waals surface area contributed by atoms with Crippen LogP contribution in [0.4, 0.5) is 0 Å². The summed E-state index contributed by atoms with van der Waals surface area (Å²) in [5.74, 6) is -0.323. The van der Waals surface area contributed by atoms with Crippen molar-refractivity contribution in [3.63, 3.8) is 0 Å². The van der Waals surface area contributed by atoms with Gasteiger partial charge in [-0.1, -0.05) is 39.7 Å². The molecule has 0 fully saturated rings. The molecular formula is C19H17BrClN3O3S. The number of amides is 2. The fraction of sp³-hybridized carbons (Fsp3) is 0.105. The molecule has 0 aliphatic heterocycles. The number of hydrogen-bond donors (Lipinski definition) is 3. The minimum atomic E-state index is -0.450. The van der Waals surface area contributed by atoms with E-state index >= 15 is 0 Å². The third-order valence-corrected chi connectivity index (χ3v) is 4.69. The number of halogens is 2. The van der Waals surface area contributed by atoms with E-state index in [1.165, 1.54) is 6.08 Å². The Morgan fingerprint density at radius 1 is 1.18 bits per heavy atom. The van der Waals surface area contributed by atoms with Crippen LogP contribution in [-0.4, -0.2) is 23.5 Å². The first kappa shape index (κ1) is 21.9. The van der Waals surface area contributed by atoms with Crippen LogP contribution in [0.25, 0.3) is 6.08 Å². The lowest BCUT2D eigenvalue weighted by molar-refractivity contribution is -0.123. The van der Waals surface area contributed by atoms with Gasteiger partial charge >= 0.3 is 0 Å². The first-order chi connectivity index (χ1) is 13.3. The highest BCUT2D eigenvalue weighted by Gasteiger charge is 2.06. The van der Waals surface area contributed by atoms with Crippen molar-refractivity contribution in [2.24, 2.45) is 0 Å². The van der Waals surface area contributed by atoms with Crippen molar-refractivity contribution in [2.75, 3.05) is 6.61 Å². The Morgan fingerprint density at radius 3 is 2.57 bits per heavy atom. The highest BCUT2D eigenvalue weighted by Crippen LogP contribution is 2.21. The van der Waals surface area contributed by atoms with Gasteiger partial charge in [0.2, 0.25) is 5.91 Å². The number of nitrogens with one attached hydrogen (secondary N) is 3. The maximum absolute atomic E-state index is 11.8. The number of hydrogen-bond acceptors (Lipinski definition) is 4. The van der Waals surface area contributed by atoms with Crippen molar-refractivity contribution < 1.29 is 14.3 Å². The fourth-order valence-corrected chi connectivity index (χ4v) is 2.47. The van der Waals surface area contributed by atoms with Crippen molar-refractivity contribution in [2.45, 2.75) is 6.92 Å². The summed E-state index contributed by atoms with van der Waals surface area (Å²) in [5.41, 5.74) is 6.59. The second kappa shape index (κ2) is 10.8. The maximum Gasteiger partial charge on any atom is 0.276 e. The van der Waals surface area contributed by atoms with Crippen molar-refractivity contribution in [3.8, 4) is 5.75 Å². The summed E-state index contributed by atoms with van der Waals surface area (Å²) in [7, 11) is 0. The topological polar surface area (TPSA) is 79.5 Å². The zero-order valence-corrected chi connectivity index (χ0v) is 18.0. The number of carbonyl (C=O) groups is 2. The predicted octanol–water partition coefficient (Wildman–Crippen LogP) is 3.53. The predicted molar refractivity (Wildman–Crippen MR) is 117 cm³/mol. The van der Waals surface area contributed by atoms with Crippen LogP contribution >= 0.6 is 39.7 Å². The smallest absolute Gasteiger partial charge is 0.276 e. The fourth-order valence-electron chi connectivity index (χ4n) is 1.95. The monoisotopic (exact) mass is 481 g/mol. The Bertz CT molecular complexity index is 904. The lowest BCUT2D eigenvalue weighted by atomic mass is 10.2. The van der Waals surface area contributed by atoms with E-state index < -0.39 is 11.8 Å². The van der Waals surface area contributed by atoms with Gasteiger partial charge in [0.1, 0.15) is 5.75 Å². The van der Waals surface area contributed by atoms with Crippen LogP contribution in [0.1, 0.15) is 11.1 Å². The molecule has 0 aliphatic carbocycles. The molecule has 0 bridgehead atoms. The molecule has 0 unspecified atom stereocenters. The van der Waals surface area contributed by atoms with E-state index in [2.05, 4.69) is 32.1 Å². The Kier molecular flexibility index (Phi) is 8.43. The SMILES string of the molecule is Cc1cc(OCC(=O)NNC(=S)NC(=O)/C=C/c2ccc(Cl)cc2)ccc1Br. The van der Waals surface area contributed by atoms with Gasteiger partial charge in [0, 0.05) is 15.6 Å². The second-order valence-electron chi connectivity index (χ2n) is 5.58. The van der Waals surface area contributed by atoms with Crippen LogP contribution in [0.2, 0.25) is 5.02 Å². The molecule has 2 aromatic carbocycles. The summed E-state index contributed by atoms with van der Waals surface area (Å²) >= 11 is 14.1. The summed E-state index contributed by atoms with van der Waals surface area (Å²) in [4.78, 5) is 23.6. The number of hydrazine groups is 1. The molecule has 2 rings (SSSR count). The molecule has 6 nitrogen and oxygen atoms in total. The molecule has 0 aromatic heterocycles. The number of ether oxygens (including phenoxy) is 1. The molecule has 3 N–H and O–H groups in total. The van der Waals surface area contributed by atoms with E-state index in [0.717, 1.165) is 15.6 Å². The summed E-state index contributed by atoms with van der Waals surface area (Å²) in [5, 5.41) is 2.98. The standard InChI is InChI=1S/C19H17BrClN3O3S/c1-12-10-15(7-8-16(12)20)27-11-18(26)23-24-19(28)22-17(25)9-4-13-2-5-14(21)6-3-13/h2-10H,11H2,1H3,(H,23,26)(H2,22,24,25,28)/b9-4+. The van der Waals surface area contributed by atoms with E-state index in [4.69, 9.17) is 28.6 Å². The Morgan fingerprint density at radius 2 is 1.89 bits per heavy atom. The minimum Gasteiger partial charge on any atom is -0.484 e. The number of benzene rings is 2. The van der Waals surface area contributed by atoms with Crippen molar-refractivity contribution >= 4 is 62.8 Å². The van der Waals surface area contributed by atoms with Gasteiger partial charge < -0.3 is 4.74 Å². The van der Waals surface area contributed by atoms with E-state index in [1.807, 2.05) is 19.1 Å². The highest BCUT2D eigenvalue weighted by molar-refractivity contribution is 9.10. The highest BCUT2D eigenvalue weighted by atomic mass is 79.9. The number of thiocarbonyl (C=S) groups is 1. The molecule has 0 spiro atoms. The van der Waals surface area contributed by atoms with E-state index in [1.54, 1.807) is 36.4 Å². The quantitative estimate of drug-likeness (QED) is 0.345. The van der Waals surface area contributed by atoms with Crippen LogP contribution in [-0.2, 0) is 9.59 Å². The summed E-state index contributed by atoms with van der Waals surface area (Å²) in [6, 6.07) is 12.4. The van der Waals surface area contributed by atoms with Gasteiger partial charge in [-0.25, -0.2) is 0 Å². The van der Waals surface area contributed by atoms with Crippen LogP contribution in [0.3, 0.4) is 0 Å². The summed E-state index contributed by atoms with van der Waals surface area (Å²) in [6.45, 7) is 1.71. The molecular weight excluding hydrogens is 466 g/mol. The van der Waals surface area contributed by atoms with Crippen molar-refractivity contribution in [3.05, 3.63) is 69.2 Å². The first-order valence-electron chi connectivity index (χ1n) is 8.06. The molecule has 2 aromatic rings. The average molecular weight is 483 g/mol. The molecule has 28 heavy (non-hydrogen) atoms. The summed E-state index contributed by atoms with van der Waals surface area (Å²) in [6.07, 6.45) is 2.93. The average Bonchev–Trinajstić information content (AvgIpc) is 2.67. The molecule has 9 heteroatoms. The van der Waals surface area contributed by atoms with E-state index in [0.29, 0.717) is 10.8 Å². The van der Waals surface area contributed by atoms with Gasteiger partial charge in [0.25, 0.3) is 5.91 Å². The second-order valence-corrected chi connectivity index (χ2v) is 7.28. The number of aryl methyl sites for hydroxylation is 1. The molecule has 2 amide bonds. The Balaban J connectivity index is 1.70. The van der Waals surface area contributed by atoms with Crippen molar-refractivity contribution in [1.29, 1.82) is 0 Å². The van der Waals surface area contributed by atoms with E-state index in [9.17, 15) is 9.59 Å². The minimum absolute atomic E-state index is 0.0430. The zero-order valence-electron chi connectivity index (χ0n) is 14.8. The Labute approximate surface area is 181 Å². The zero-order chi connectivity index (χ0) is 20.5. The van der Waals surface area contributed by atoms with Crippen LogP contribution in [0, 0.1) is 6.92 Å². The molecule has 0 saturated carbocycles. The largest absolute Gasteiger partial charge is 0.484 e. The third-order valence-electron chi connectivity index (χ3n) is 3.35. The van der Waals surface area contributed by atoms with Crippen molar-refractivity contribution in [1.82, 2.24) is 16.2 Å². The van der Waals surface area contributed by atoms with Gasteiger partial charge in [-0.15, -0.1) is 0 Å². The summed E-state index contributed by atoms with van der Waals surface area (Å²) < 4.78 is 6.34. The van der Waals surface area contributed by atoms with Gasteiger partial charge in [-0.3, -0.25) is 25.8 Å².